The molecule has 3 aromatic rings. The molecule has 15 aliphatic carbocycles. The van der Waals surface area contributed by atoms with E-state index in [4.69, 9.17) is 4.74 Å². The molecule has 0 saturated heterocycles. The summed E-state index contributed by atoms with van der Waals surface area (Å²) in [5.74, 6) is 6.46. The van der Waals surface area contributed by atoms with Gasteiger partial charge in [0.15, 0.2) is 0 Å². The minimum absolute atomic E-state index is 0.0249. The zero-order valence-electron chi connectivity index (χ0n) is 29.9. The smallest absolute Gasteiger partial charge is 0.305 e. The van der Waals surface area contributed by atoms with Crippen molar-refractivity contribution >= 4 is 45.2 Å². The predicted molar refractivity (Wildman–Crippen MR) is 205 cm³/mol. The molecule has 2 spiro atoms. The fourth-order valence-electron chi connectivity index (χ4n) is 20.2. The Bertz CT molecular complexity index is 2850. The molecule has 1 aromatic heterocycles. The highest BCUT2D eigenvalue weighted by atomic mass is 32.1. The Hall–Kier alpha value is -3.69. The summed E-state index contributed by atoms with van der Waals surface area (Å²) in [6.07, 6.45) is 21.5. The lowest BCUT2D eigenvalue weighted by atomic mass is 9.59. The minimum atomic E-state index is -0.0350. The highest BCUT2D eigenvalue weighted by Crippen LogP contribution is 2.94. The molecule has 0 radical (unpaired) electrons. The van der Waals surface area contributed by atoms with Gasteiger partial charge < -0.3 is 4.74 Å². The molecule has 1 heterocycles. The second kappa shape index (κ2) is 7.23. The van der Waals surface area contributed by atoms with E-state index < -0.39 is 0 Å². The number of hydrogen-bond acceptors (Lipinski definition) is 3. The van der Waals surface area contributed by atoms with Crippen LogP contribution in [0.1, 0.15) is 108 Å². The maximum absolute atomic E-state index is 12.9. The van der Waals surface area contributed by atoms with Crippen molar-refractivity contribution in [3.8, 4) is 11.1 Å². The number of esters is 1. The van der Waals surface area contributed by atoms with E-state index >= 15 is 0 Å². The molecule has 0 amide bonds. The largest absolute Gasteiger partial charge is 0.469 e. The molecular weight excluding hydrogens is 665 g/mol. The number of ether oxygens (including phenoxy) is 1. The van der Waals surface area contributed by atoms with Crippen molar-refractivity contribution in [3.63, 3.8) is 0 Å². The standard InChI is InChI=1S/C50H38O2S/c1-52-29(51)5-2-16-48(28-4-3-17-53-28)49-26-14-15-27-25-13-11-23-21-9-7-19-18-6-8-20-22-10-12-24(26)36-34(22)39-32(20)30(18)38-31(19)33(21)40-35(23)37(25)47(50(27,48)49)45-43(40)41(38)42(39)44(45)46(36)49/h3-4,6-9,17-21,26-27,30-33H,2,5,10-16H2,1H3. The van der Waals surface area contributed by atoms with Crippen LogP contribution < -0.4 is 20.9 Å². The number of benzene rings is 2. The van der Waals surface area contributed by atoms with Crippen LogP contribution in [0.15, 0.2) is 47.4 Å². The second-order valence-corrected chi connectivity index (χ2v) is 21.1. The van der Waals surface area contributed by atoms with E-state index in [1.54, 1.807) is 34.2 Å². The molecule has 53 heavy (non-hydrogen) atoms. The van der Waals surface area contributed by atoms with E-state index in [2.05, 4.69) is 53.2 Å². The van der Waals surface area contributed by atoms with Crippen LogP contribution >= 0.6 is 11.3 Å². The van der Waals surface area contributed by atoms with Crippen LogP contribution in [0.2, 0.25) is 0 Å². The molecule has 0 N–H and O–H groups in total. The van der Waals surface area contributed by atoms with Crippen LogP contribution in [0.4, 0.5) is 0 Å². The molecule has 12 atom stereocenters. The zero-order valence-corrected chi connectivity index (χ0v) is 30.7. The summed E-state index contributed by atoms with van der Waals surface area (Å²) in [6, 6.07) is 4.93. The summed E-state index contributed by atoms with van der Waals surface area (Å²) in [6.45, 7) is 0. The Morgan fingerprint density at radius 1 is 0.736 bits per heavy atom. The van der Waals surface area contributed by atoms with Gasteiger partial charge in [0, 0.05) is 51.2 Å². The Labute approximate surface area is 311 Å². The van der Waals surface area contributed by atoms with Gasteiger partial charge in [0.2, 0.25) is 0 Å². The van der Waals surface area contributed by atoms with Crippen molar-refractivity contribution in [2.45, 2.75) is 85.9 Å². The van der Waals surface area contributed by atoms with E-state index in [0.29, 0.717) is 65.6 Å². The lowest BCUT2D eigenvalue weighted by Crippen LogP contribution is -2.43. The molecule has 18 rings (SSSR count). The van der Waals surface area contributed by atoms with Gasteiger partial charge in [-0.25, -0.2) is 0 Å². The zero-order chi connectivity index (χ0) is 33.5. The third-order valence-electron chi connectivity index (χ3n) is 20.2. The van der Waals surface area contributed by atoms with Gasteiger partial charge in [-0.15, -0.1) is 11.3 Å². The first-order valence-electron chi connectivity index (χ1n) is 21.4. The summed E-state index contributed by atoms with van der Waals surface area (Å²) in [4.78, 5) is 14.6. The lowest BCUT2D eigenvalue weighted by molar-refractivity contribution is -0.140. The number of rotatable bonds is 5. The van der Waals surface area contributed by atoms with Gasteiger partial charge in [0.05, 0.1) is 7.11 Å². The van der Waals surface area contributed by atoms with Gasteiger partial charge in [0.25, 0.3) is 0 Å². The number of methoxy groups -OCH3 is 1. The number of hydrogen-bond donors (Lipinski definition) is 0. The number of carbonyl (C=O) groups is 1. The summed E-state index contributed by atoms with van der Waals surface area (Å²) < 4.78 is 5.34. The first kappa shape index (κ1) is 26.2. The van der Waals surface area contributed by atoms with Crippen molar-refractivity contribution in [3.05, 3.63) is 107 Å². The molecule has 3 saturated carbocycles. The van der Waals surface area contributed by atoms with E-state index in [1.807, 2.05) is 76.6 Å². The minimum Gasteiger partial charge on any atom is -0.469 e. The van der Waals surface area contributed by atoms with Gasteiger partial charge in [0.1, 0.15) is 0 Å². The average Bonchev–Trinajstić information content (AvgIpc) is 3.96. The van der Waals surface area contributed by atoms with Gasteiger partial charge in [-0.05, 0) is 169 Å². The van der Waals surface area contributed by atoms with Crippen LogP contribution in [-0.2, 0) is 25.8 Å². The third-order valence-corrected chi connectivity index (χ3v) is 21.3. The number of fused-ring (bicyclic) bond motifs is 5. The van der Waals surface area contributed by atoms with Crippen LogP contribution in [0.3, 0.4) is 0 Å². The molecule has 256 valence electrons. The van der Waals surface area contributed by atoms with E-state index in [0.717, 1.165) is 12.8 Å². The van der Waals surface area contributed by atoms with E-state index in [-0.39, 0.29) is 22.2 Å². The average molecular weight is 703 g/mol. The van der Waals surface area contributed by atoms with Gasteiger partial charge in [-0.1, -0.05) is 58.2 Å². The van der Waals surface area contributed by atoms with Crippen molar-refractivity contribution in [2.24, 2.45) is 47.3 Å². The maximum Gasteiger partial charge on any atom is 0.305 e. The SMILES string of the molecule is COC(=O)CCCC1(c2cccs2)C23c4c5c6c7c8c4=C4CCC=8C8C=CC9C%10C=CC%11C%12=c%13c%14c(c-5c5c%13=C(CC%12)C(CCC42)C513)C6=C(C9C78)C%10C%14%11. The van der Waals surface area contributed by atoms with Crippen molar-refractivity contribution < 1.29 is 9.53 Å². The maximum atomic E-state index is 12.9. The number of allylic oxidation sites excluding steroid dienone is 5. The Kier molecular flexibility index (Phi) is 3.57. The van der Waals surface area contributed by atoms with Crippen LogP contribution in [0.5, 0.6) is 0 Å². The molecular formula is C50H38O2S. The quantitative estimate of drug-likeness (QED) is 0.173. The topological polar surface area (TPSA) is 26.3 Å². The van der Waals surface area contributed by atoms with Crippen LogP contribution in [-0.4, -0.2) is 13.1 Å². The van der Waals surface area contributed by atoms with Crippen molar-refractivity contribution in [1.29, 1.82) is 0 Å². The molecule has 3 fully saturated rings. The fraction of sp³-hybridized carbons (Fsp3) is 0.460. The monoisotopic (exact) mass is 702 g/mol. The van der Waals surface area contributed by atoms with Crippen LogP contribution in [0, 0.1) is 47.3 Å². The Balaban J connectivity index is 1.13. The first-order chi connectivity index (χ1) is 26.2. The molecule has 2 nitrogen and oxygen atoms in total. The summed E-state index contributed by atoms with van der Waals surface area (Å²) in [7, 11) is 1.58. The first-order valence-corrected chi connectivity index (χ1v) is 22.2. The van der Waals surface area contributed by atoms with Gasteiger partial charge >= 0.3 is 5.97 Å². The van der Waals surface area contributed by atoms with Crippen molar-refractivity contribution in [2.75, 3.05) is 7.11 Å². The van der Waals surface area contributed by atoms with Gasteiger partial charge in [-0.2, -0.15) is 0 Å². The Morgan fingerprint density at radius 3 is 1.87 bits per heavy atom. The molecule has 12 unspecified atom stereocenters. The number of thiophene rings is 1. The van der Waals surface area contributed by atoms with Crippen molar-refractivity contribution in [1.82, 2.24) is 0 Å². The molecule has 15 aliphatic rings. The highest BCUT2D eigenvalue weighted by Gasteiger charge is 2.96. The summed E-state index contributed by atoms with van der Waals surface area (Å²) in [5.41, 5.74) is 26.2. The highest BCUT2D eigenvalue weighted by molar-refractivity contribution is 7.10. The lowest BCUT2D eigenvalue weighted by Gasteiger charge is -2.43. The summed E-state index contributed by atoms with van der Waals surface area (Å²) in [5, 5.41) is 9.65. The van der Waals surface area contributed by atoms with Crippen LogP contribution in [0.25, 0.3) is 39.0 Å². The summed E-state index contributed by atoms with van der Waals surface area (Å²) >= 11 is 2.06. The van der Waals surface area contributed by atoms with E-state index in [1.165, 1.54) is 38.5 Å². The predicted octanol–water partition coefficient (Wildman–Crippen LogP) is 6.63. The molecule has 3 heteroatoms. The number of carbonyl (C=O) groups excluding carboxylic acids is 1. The molecule has 0 aliphatic heterocycles. The Morgan fingerprint density at radius 2 is 1.32 bits per heavy atom. The van der Waals surface area contributed by atoms with E-state index in [9.17, 15) is 4.79 Å². The molecule has 2 aromatic carbocycles. The molecule has 0 bridgehead atoms. The third kappa shape index (κ3) is 1.92. The second-order valence-electron chi connectivity index (χ2n) is 20.2. The van der Waals surface area contributed by atoms with Gasteiger partial charge in [-0.3, -0.25) is 4.79 Å². The normalized spacial score (nSPS) is 45.5. The fourth-order valence-corrected chi connectivity index (χ4v) is 21.3.